The largest absolute Gasteiger partial charge is 0.465 e. The molecule has 1 aliphatic heterocycles. The Morgan fingerprint density at radius 1 is 1.27 bits per heavy atom. The van der Waals surface area contributed by atoms with E-state index in [2.05, 4.69) is 10.3 Å². The molecule has 1 aromatic heterocycles. The van der Waals surface area contributed by atoms with Gasteiger partial charge in [-0.25, -0.2) is 9.18 Å². The number of hydrogen-bond acceptors (Lipinski definition) is 4. The number of nitrogens with zero attached hydrogens (tertiary/aromatic N) is 2. The zero-order chi connectivity index (χ0) is 21.3. The van der Waals surface area contributed by atoms with Crippen molar-refractivity contribution in [1.29, 1.82) is 0 Å². The molecular formula is C23H22FN3O3. The highest BCUT2D eigenvalue weighted by atomic mass is 19.1. The van der Waals surface area contributed by atoms with Crippen LogP contribution in [-0.2, 0) is 16.0 Å². The maximum absolute atomic E-state index is 14.0. The Morgan fingerprint density at radius 2 is 2.07 bits per heavy atom. The van der Waals surface area contributed by atoms with Crippen molar-refractivity contribution in [3.8, 4) is 0 Å². The fourth-order valence-electron chi connectivity index (χ4n) is 3.82. The van der Waals surface area contributed by atoms with Crippen molar-refractivity contribution in [3.63, 3.8) is 0 Å². The minimum Gasteiger partial charge on any atom is -0.465 e. The van der Waals surface area contributed by atoms with E-state index in [-0.39, 0.29) is 6.61 Å². The highest BCUT2D eigenvalue weighted by Gasteiger charge is 2.32. The molecule has 0 bridgehead atoms. The zero-order valence-corrected chi connectivity index (χ0v) is 16.8. The number of benzene rings is 2. The monoisotopic (exact) mass is 407 g/mol. The number of halogens is 1. The van der Waals surface area contributed by atoms with Crippen molar-refractivity contribution in [1.82, 2.24) is 4.57 Å². The molecule has 7 heteroatoms. The first-order chi connectivity index (χ1) is 14.5. The summed E-state index contributed by atoms with van der Waals surface area (Å²) in [4.78, 5) is 30.4. The van der Waals surface area contributed by atoms with Crippen molar-refractivity contribution in [2.75, 3.05) is 18.5 Å². The number of aliphatic imine (C=N–C) groups is 1. The molecule has 0 aliphatic carbocycles. The summed E-state index contributed by atoms with van der Waals surface area (Å²) >= 11 is 0. The lowest BCUT2D eigenvalue weighted by atomic mass is 10.00. The number of nitrogens with one attached hydrogen (secondary N) is 1. The first kappa shape index (κ1) is 19.8. The average Bonchev–Trinajstić information content (AvgIpc) is 2.89. The second kappa shape index (κ2) is 8.10. The molecule has 0 spiro atoms. The molecule has 1 unspecified atom stereocenters. The van der Waals surface area contributed by atoms with E-state index in [4.69, 9.17) is 4.74 Å². The third-order valence-electron chi connectivity index (χ3n) is 5.23. The summed E-state index contributed by atoms with van der Waals surface area (Å²) in [5.74, 6) is -1.65. The molecule has 0 radical (unpaired) electrons. The smallest absolute Gasteiger partial charge is 0.330 e. The summed E-state index contributed by atoms with van der Waals surface area (Å²) in [5, 5.41) is 3.64. The molecule has 3 aromatic rings. The topological polar surface area (TPSA) is 72.7 Å². The van der Waals surface area contributed by atoms with E-state index in [0.29, 0.717) is 35.4 Å². The van der Waals surface area contributed by atoms with Gasteiger partial charge in [-0.1, -0.05) is 24.3 Å². The van der Waals surface area contributed by atoms with Gasteiger partial charge < -0.3 is 10.1 Å². The molecule has 1 amide bonds. The van der Waals surface area contributed by atoms with Gasteiger partial charge in [0.25, 0.3) is 0 Å². The maximum atomic E-state index is 14.0. The molecule has 1 aliphatic rings. The van der Waals surface area contributed by atoms with Crippen molar-refractivity contribution in [2.45, 2.75) is 26.2 Å². The number of fused-ring (bicyclic) bond motifs is 3. The number of carbonyl (C=O) groups excluding carboxylic acids is 2. The van der Waals surface area contributed by atoms with Crippen LogP contribution in [0.2, 0.25) is 0 Å². The summed E-state index contributed by atoms with van der Waals surface area (Å²) in [6, 6.07) is 11.5. The van der Waals surface area contributed by atoms with Crippen LogP contribution in [-0.4, -0.2) is 35.9 Å². The number of esters is 1. The number of aryl methyl sites for hydroxylation is 1. The summed E-state index contributed by atoms with van der Waals surface area (Å²) in [5.41, 5.74) is 2.95. The van der Waals surface area contributed by atoms with Gasteiger partial charge in [0.05, 0.1) is 17.8 Å². The fourth-order valence-corrected chi connectivity index (χ4v) is 3.82. The Hall–Kier alpha value is -3.48. The van der Waals surface area contributed by atoms with Crippen molar-refractivity contribution in [2.24, 2.45) is 4.99 Å². The van der Waals surface area contributed by atoms with E-state index < -0.39 is 23.7 Å². The Kier molecular flexibility index (Phi) is 5.35. The lowest BCUT2D eigenvalue weighted by Gasteiger charge is -2.16. The number of ether oxygens (including phenoxy) is 1. The normalized spacial score (nSPS) is 15.5. The van der Waals surface area contributed by atoms with E-state index in [0.717, 1.165) is 10.9 Å². The van der Waals surface area contributed by atoms with Crippen molar-refractivity contribution in [3.05, 3.63) is 65.1 Å². The quantitative estimate of drug-likeness (QED) is 0.653. The Morgan fingerprint density at radius 3 is 2.83 bits per heavy atom. The van der Waals surface area contributed by atoms with Crippen LogP contribution in [0.15, 0.2) is 47.5 Å². The highest BCUT2D eigenvalue weighted by molar-refractivity contribution is 6.05. The summed E-state index contributed by atoms with van der Waals surface area (Å²) in [6.07, 6.45) is 2.15. The SMILES string of the molecule is CCOC(=O)C1C=NCCc2c1n(C(=O)Nc1ccc(C)c(F)c1)c1ccccc21. The van der Waals surface area contributed by atoms with Crippen LogP contribution in [0.25, 0.3) is 10.9 Å². The number of amides is 1. The molecule has 0 saturated carbocycles. The molecule has 0 saturated heterocycles. The number of carbonyl (C=O) groups is 2. The van der Waals surface area contributed by atoms with Gasteiger partial charge in [0, 0.05) is 23.8 Å². The first-order valence-corrected chi connectivity index (χ1v) is 9.87. The van der Waals surface area contributed by atoms with Gasteiger partial charge in [-0.3, -0.25) is 14.4 Å². The standard InChI is InChI=1S/C23H22FN3O3/c1-3-30-22(28)18-13-25-11-10-17-16-6-4-5-7-20(16)27(21(17)18)23(29)26-15-9-8-14(2)19(24)12-15/h4-9,12-13,18H,3,10-11H2,1-2H3,(H,26,29). The number of hydrogen-bond donors (Lipinski definition) is 1. The lowest BCUT2D eigenvalue weighted by molar-refractivity contribution is -0.143. The van der Waals surface area contributed by atoms with Crippen LogP contribution in [0.4, 0.5) is 14.9 Å². The maximum Gasteiger partial charge on any atom is 0.330 e. The summed E-state index contributed by atoms with van der Waals surface area (Å²) < 4.78 is 20.7. The Labute approximate surface area is 173 Å². The zero-order valence-electron chi connectivity index (χ0n) is 16.8. The van der Waals surface area contributed by atoms with Crippen LogP contribution in [0.1, 0.15) is 29.7 Å². The number of rotatable bonds is 3. The van der Waals surface area contributed by atoms with E-state index in [1.807, 2.05) is 24.3 Å². The molecule has 1 atom stereocenters. The van der Waals surface area contributed by atoms with Crippen LogP contribution < -0.4 is 5.32 Å². The predicted molar refractivity (Wildman–Crippen MR) is 114 cm³/mol. The molecule has 6 nitrogen and oxygen atoms in total. The summed E-state index contributed by atoms with van der Waals surface area (Å²) in [7, 11) is 0. The second-order valence-electron chi connectivity index (χ2n) is 7.15. The van der Waals surface area contributed by atoms with Gasteiger partial charge in [0.1, 0.15) is 11.7 Å². The van der Waals surface area contributed by atoms with E-state index in [1.54, 1.807) is 32.2 Å². The Balaban J connectivity index is 1.86. The van der Waals surface area contributed by atoms with E-state index in [1.165, 1.54) is 10.6 Å². The van der Waals surface area contributed by atoms with Crippen LogP contribution >= 0.6 is 0 Å². The van der Waals surface area contributed by atoms with Gasteiger partial charge in [-0.15, -0.1) is 0 Å². The van der Waals surface area contributed by atoms with Gasteiger partial charge in [0.15, 0.2) is 0 Å². The van der Waals surface area contributed by atoms with Gasteiger partial charge in [-0.2, -0.15) is 0 Å². The van der Waals surface area contributed by atoms with Crippen molar-refractivity contribution >= 4 is 34.8 Å². The minimum atomic E-state index is -0.796. The molecule has 2 aromatic carbocycles. The lowest BCUT2D eigenvalue weighted by Crippen LogP contribution is -2.27. The highest BCUT2D eigenvalue weighted by Crippen LogP contribution is 2.34. The van der Waals surface area contributed by atoms with Crippen LogP contribution in [0.5, 0.6) is 0 Å². The number of aromatic nitrogens is 1. The first-order valence-electron chi connectivity index (χ1n) is 9.87. The Bertz CT molecular complexity index is 1170. The number of anilines is 1. The van der Waals surface area contributed by atoms with Crippen LogP contribution in [0, 0.1) is 12.7 Å². The molecule has 30 heavy (non-hydrogen) atoms. The van der Waals surface area contributed by atoms with Gasteiger partial charge in [0.2, 0.25) is 0 Å². The van der Waals surface area contributed by atoms with E-state index in [9.17, 15) is 14.0 Å². The minimum absolute atomic E-state index is 0.230. The molecule has 154 valence electrons. The molecular weight excluding hydrogens is 385 g/mol. The third kappa shape index (κ3) is 3.47. The summed E-state index contributed by atoms with van der Waals surface area (Å²) in [6.45, 7) is 4.14. The molecule has 0 fully saturated rings. The fraction of sp³-hybridized carbons (Fsp3) is 0.261. The van der Waals surface area contributed by atoms with E-state index >= 15 is 0 Å². The average molecular weight is 407 g/mol. The van der Waals surface area contributed by atoms with Gasteiger partial charge in [-0.05, 0) is 49.6 Å². The second-order valence-corrected chi connectivity index (χ2v) is 7.15. The molecule has 4 rings (SSSR count). The van der Waals surface area contributed by atoms with Crippen molar-refractivity contribution < 1.29 is 18.7 Å². The van der Waals surface area contributed by atoms with Gasteiger partial charge >= 0.3 is 12.0 Å². The predicted octanol–water partition coefficient (Wildman–Crippen LogP) is 4.44. The third-order valence-corrected chi connectivity index (χ3v) is 5.23. The molecule has 2 heterocycles. The number of para-hydroxylation sites is 1. The van der Waals surface area contributed by atoms with Crippen LogP contribution in [0.3, 0.4) is 0 Å². The molecule has 1 N–H and O–H groups in total.